The summed E-state index contributed by atoms with van der Waals surface area (Å²) in [7, 11) is 0. The van der Waals surface area contributed by atoms with Gasteiger partial charge in [0, 0.05) is 35.7 Å². The van der Waals surface area contributed by atoms with Gasteiger partial charge in [-0.05, 0) is 68.0 Å². The van der Waals surface area contributed by atoms with Crippen LogP contribution in [-0.2, 0) is 6.42 Å². The van der Waals surface area contributed by atoms with Crippen molar-refractivity contribution >= 4 is 16.9 Å². The van der Waals surface area contributed by atoms with Crippen LogP contribution in [0, 0.1) is 0 Å². The molecule has 29 heavy (non-hydrogen) atoms. The van der Waals surface area contributed by atoms with Crippen LogP contribution < -0.4 is 4.74 Å². The van der Waals surface area contributed by atoms with Crippen LogP contribution >= 0.6 is 0 Å². The van der Waals surface area contributed by atoms with E-state index in [1.807, 2.05) is 35.2 Å². The van der Waals surface area contributed by atoms with Crippen molar-refractivity contribution in [2.45, 2.75) is 32.6 Å². The minimum absolute atomic E-state index is 0.130. The van der Waals surface area contributed by atoms with Gasteiger partial charge in [-0.3, -0.25) is 4.79 Å². The van der Waals surface area contributed by atoms with Gasteiger partial charge in [0.25, 0.3) is 5.91 Å². The van der Waals surface area contributed by atoms with E-state index in [1.165, 1.54) is 17.6 Å². The Balaban J connectivity index is 1.41. The normalized spacial score (nSPS) is 16.7. The summed E-state index contributed by atoms with van der Waals surface area (Å²) in [5, 5.41) is 1.07. The van der Waals surface area contributed by atoms with Gasteiger partial charge >= 0.3 is 0 Å². The standard InChI is InChI=1S/C25H25NO3/c1-17-5-6-20-13-21-14-23(29-24(21)15-22(20)28-16-17)18-7-9-19(10-8-18)25(27)26-11-3-2-4-12-26/h5,7-10,13-15H,2-4,6,11-12,16H2,1H3. The largest absolute Gasteiger partial charge is 0.489 e. The number of piperidine rings is 1. The lowest BCUT2D eigenvalue weighted by molar-refractivity contribution is 0.0724. The SMILES string of the molecule is CC1=CCc2cc3cc(-c4ccc(C(=O)N5CCCCC5)cc4)oc3cc2OC1. The highest BCUT2D eigenvalue weighted by molar-refractivity contribution is 5.95. The van der Waals surface area contributed by atoms with Crippen LogP contribution in [0.3, 0.4) is 0 Å². The summed E-state index contributed by atoms with van der Waals surface area (Å²) >= 11 is 0. The van der Waals surface area contributed by atoms with Crippen molar-refractivity contribution < 1.29 is 13.9 Å². The first kappa shape index (κ1) is 18.0. The van der Waals surface area contributed by atoms with E-state index in [0.717, 1.165) is 66.0 Å². The van der Waals surface area contributed by atoms with Crippen LogP contribution in [0.5, 0.6) is 5.75 Å². The zero-order valence-corrected chi connectivity index (χ0v) is 16.7. The fraction of sp³-hybridized carbons (Fsp3) is 0.320. The molecular weight excluding hydrogens is 362 g/mol. The monoisotopic (exact) mass is 387 g/mol. The molecule has 5 rings (SSSR count). The molecule has 148 valence electrons. The lowest BCUT2D eigenvalue weighted by Crippen LogP contribution is -2.35. The Morgan fingerprint density at radius 1 is 1.00 bits per heavy atom. The van der Waals surface area contributed by atoms with Crippen molar-refractivity contribution in [3.63, 3.8) is 0 Å². The van der Waals surface area contributed by atoms with Crippen LogP contribution in [0.1, 0.15) is 42.1 Å². The molecule has 2 aromatic carbocycles. The van der Waals surface area contributed by atoms with E-state index >= 15 is 0 Å². The van der Waals surface area contributed by atoms with E-state index in [9.17, 15) is 4.79 Å². The summed E-state index contributed by atoms with van der Waals surface area (Å²) in [5.74, 6) is 1.84. The molecular formula is C25H25NO3. The summed E-state index contributed by atoms with van der Waals surface area (Å²) in [6, 6.07) is 14.0. The van der Waals surface area contributed by atoms with Crippen LogP contribution in [0.25, 0.3) is 22.3 Å². The predicted octanol–water partition coefficient (Wildman–Crippen LogP) is 5.61. The Labute approximate surface area is 170 Å². The smallest absolute Gasteiger partial charge is 0.253 e. The van der Waals surface area contributed by atoms with Gasteiger partial charge in [-0.1, -0.05) is 18.2 Å². The second-order valence-electron chi connectivity index (χ2n) is 8.08. The fourth-order valence-electron chi connectivity index (χ4n) is 4.14. The molecule has 1 amide bonds. The predicted molar refractivity (Wildman–Crippen MR) is 114 cm³/mol. The van der Waals surface area contributed by atoms with Gasteiger partial charge in [0.15, 0.2) is 0 Å². The first-order chi connectivity index (χ1) is 14.2. The average Bonchev–Trinajstić information content (AvgIpc) is 3.10. The molecule has 0 aliphatic carbocycles. The lowest BCUT2D eigenvalue weighted by atomic mass is 10.1. The number of amides is 1. The molecule has 0 spiro atoms. The maximum absolute atomic E-state index is 12.7. The maximum atomic E-state index is 12.7. The van der Waals surface area contributed by atoms with Crippen molar-refractivity contribution in [1.29, 1.82) is 0 Å². The highest BCUT2D eigenvalue weighted by Crippen LogP contribution is 2.34. The number of likely N-dealkylation sites (tertiary alicyclic amines) is 1. The molecule has 0 radical (unpaired) electrons. The van der Waals surface area contributed by atoms with Crippen molar-refractivity contribution in [2.75, 3.05) is 19.7 Å². The molecule has 0 unspecified atom stereocenters. The molecule has 3 heterocycles. The van der Waals surface area contributed by atoms with Gasteiger partial charge < -0.3 is 14.1 Å². The second-order valence-corrected chi connectivity index (χ2v) is 8.08. The van der Waals surface area contributed by atoms with Crippen LogP contribution in [0.4, 0.5) is 0 Å². The van der Waals surface area contributed by atoms with E-state index in [0.29, 0.717) is 6.61 Å². The average molecular weight is 387 g/mol. The van der Waals surface area contributed by atoms with E-state index < -0.39 is 0 Å². The molecule has 4 heteroatoms. The van der Waals surface area contributed by atoms with Gasteiger partial charge in [0.2, 0.25) is 0 Å². The Bertz CT molecular complexity index is 1090. The number of furan rings is 1. The Hall–Kier alpha value is -3.01. The van der Waals surface area contributed by atoms with E-state index in [4.69, 9.17) is 9.15 Å². The van der Waals surface area contributed by atoms with Gasteiger partial charge in [0.1, 0.15) is 23.7 Å². The molecule has 2 aliphatic rings. The van der Waals surface area contributed by atoms with Crippen molar-refractivity contribution in [3.8, 4) is 17.1 Å². The molecule has 3 aromatic rings. The number of nitrogens with zero attached hydrogens (tertiary/aromatic N) is 1. The summed E-state index contributed by atoms with van der Waals surface area (Å²) in [5.41, 5.74) is 4.98. The third kappa shape index (κ3) is 3.55. The number of hydrogen-bond acceptors (Lipinski definition) is 3. The highest BCUT2D eigenvalue weighted by atomic mass is 16.5. The van der Waals surface area contributed by atoms with E-state index in [2.05, 4.69) is 25.1 Å². The number of ether oxygens (including phenoxy) is 1. The molecule has 1 aromatic heterocycles. The van der Waals surface area contributed by atoms with Crippen LogP contribution in [0.2, 0.25) is 0 Å². The molecule has 0 saturated carbocycles. The zero-order valence-electron chi connectivity index (χ0n) is 16.7. The molecule has 1 saturated heterocycles. The van der Waals surface area contributed by atoms with Gasteiger partial charge in [-0.25, -0.2) is 0 Å². The molecule has 2 aliphatic heterocycles. The third-order valence-corrected chi connectivity index (χ3v) is 5.88. The summed E-state index contributed by atoms with van der Waals surface area (Å²) < 4.78 is 12.0. The van der Waals surface area contributed by atoms with Gasteiger partial charge in [-0.15, -0.1) is 0 Å². The lowest BCUT2D eigenvalue weighted by Gasteiger charge is -2.26. The minimum Gasteiger partial charge on any atom is -0.489 e. The summed E-state index contributed by atoms with van der Waals surface area (Å²) in [6.45, 7) is 4.45. The maximum Gasteiger partial charge on any atom is 0.253 e. The Kier molecular flexibility index (Phi) is 4.62. The van der Waals surface area contributed by atoms with Gasteiger partial charge in [0.05, 0.1) is 0 Å². The Morgan fingerprint density at radius 3 is 2.59 bits per heavy atom. The summed E-state index contributed by atoms with van der Waals surface area (Å²) in [6.07, 6.45) is 6.53. The topological polar surface area (TPSA) is 42.7 Å². The second kappa shape index (κ2) is 7.43. The molecule has 0 bridgehead atoms. The first-order valence-electron chi connectivity index (χ1n) is 10.4. The van der Waals surface area contributed by atoms with Crippen LogP contribution in [0.15, 0.2) is 58.5 Å². The number of rotatable bonds is 2. The molecule has 1 fully saturated rings. The number of fused-ring (bicyclic) bond motifs is 2. The molecule has 4 nitrogen and oxygen atoms in total. The molecule has 0 N–H and O–H groups in total. The van der Waals surface area contributed by atoms with Crippen molar-refractivity contribution in [1.82, 2.24) is 4.90 Å². The third-order valence-electron chi connectivity index (χ3n) is 5.88. The quantitative estimate of drug-likeness (QED) is 0.537. The fourth-order valence-corrected chi connectivity index (χ4v) is 4.14. The van der Waals surface area contributed by atoms with E-state index in [-0.39, 0.29) is 5.91 Å². The zero-order chi connectivity index (χ0) is 19.8. The molecule has 0 atom stereocenters. The highest BCUT2D eigenvalue weighted by Gasteiger charge is 2.18. The van der Waals surface area contributed by atoms with Crippen molar-refractivity contribution in [3.05, 3.63) is 65.2 Å². The summed E-state index contributed by atoms with van der Waals surface area (Å²) in [4.78, 5) is 14.6. The van der Waals surface area contributed by atoms with Crippen molar-refractivity contribution in [2.24, 2.45) is 0 Å². The first-order valence-corrected chi connectivity index (χ1v) is 10.4. The Morgan fingerprint density at radius 2 is 1.79 bits per heavy atom. The van der Waals surface area contributed by atoms with Crippen LogP contribution in [-0.4, -0.2) is 30.5 Å². The number of carbonyl (C=O) groups excluding carboxylic acids is 1. The van der Waals surface area contributed by atoms with E-state index in [1.54, 1.807) is 0 Å². The number of allylic oxidation sites excluding steroid dienone is 1. The van der Waals surface area contributed by atoms with Gasteiger partial charge in [-0.2, -0.15) is 0 Å². The number of hydrogen-bond donors (Lipinski definition) is 0. The number of carbonyl (C=O) groups is 1. The minimum atomic E-state index is 0.130. The number of benzene rings is 2.